The average Bonchev–Trinajstić information content (AvgIpc) is 3.07. The largest absolute Gasteiger partial charge is 0.476 e. The maximum atomic E-state index is 11.5. The number of carbonyl (C=O) groups excluding carboxylic acids is 1. The number of nitrogens with zero attached hydrogens (tertiary/aromatic N) is 1. The van der Waals surface area contributed by atoms with Crippen LogP contribution in [0.25, 0.3) is 0 Å². The molecule has 0 aromatic carbocycles. The van der Waals surface area contributed by atoms with Crippen LogP contribution in [0.5, 0.6) is 0 Å². The highest BCUT2D eigenvalue weighted by molar-refractivity contribution is 7.17. The zero-order valence-electron chi connectivity index (χ0n) is 11.8. The van der Waals surface area contributed by atoms with Crippen molar-refractivity contribution in [1.82, 2.24) is 4.98 Å². The van der Waals surface area contributed by atoms with Crippen LogP contribution in [0.15, 0.2) is 17.5 Å². The Hall–Kier alpha value is -1.73. The summed E-state index contributed by atoms with van der Waals surface area (Å²) < 4.78 is 0. The Morgan fingerprint density at radius 3 is 2.71 bits per heavy atom. The van der Waals surface area contributed by atoms with Crippen LogP contribution in [0, 0.1) is 0 Å². The third-order valence-corrected chi connectivity index (χ3v) is 4.98. The smallest absolute Gasteiger partial charge is 0.356 e. The summed E-state index contributed by atoms with van der Waals surface area (Å²) in [7, 11) is 0. The molecule has 0 aliphatic rings. The molecule has 2 aromatic heterocycles. The van der Waals surface area contributed by atoms with E-state index >= 15 is 0 Å². The maximum absolute atomic E-state index is 11.5. The van der Waals surface area contributed by atoms with Gasteiger partial charge in [0.2, 0.25) is 0 Å². The molecule has 7 heteroatoms. The first-order chi connectivity index (χ1) is 10.0. The Balaban J connectivity index is 2.27. The number of aromatic nitrogens is 1. The number of carboxylic acid groups (broad SMARTS) is 1. The number of carboxylic acids is 1. The van der Waals surface area contributed by atoms with Crippen LogP contribution in [0.1, 0.15) is 57.8 Å². The number of ketones is 1. The molecule has 2 rings (SSSR count). The van der Waals surface area contributed by atoms with Crippen molar-refractivity contribution in [3.63, 3.8) is 0 Å². The minimum atomic E-state index is -1.17. The van der Waals surface area contributed by atoms with Gasteiger partial charge in [0.05, 0.1) is 6.04 Å². The average molecular weight is 324 g/mol. The van der Waals surface area contributed by atoms with Crippen molar-refractivity contribution in [2.75, 3.05) is 5.32 Å². The van der Waals surface area contributed by atoms with Crippen LogP contribution in [-0.4, -0.2) is 21.8 Å². The Labute approximate surface area is 130 Å². The Morgan fingerprint density at radius 2 is 2.24 bits per heavy atom. The van der Waals surface area contributed by atoms with Gasteiger partial charge in [0.15, 0.2) is 16.6 Å². The quantitative estimate of drug-likeness (QED) is 0.751. The number of thiophene rings is 1. The van der Waals surface area contributed by atoms with Gasteiger partial charge in [0.25, 0.3) is 0 Å². The van der Waals surface area contributed by atoms with Crippen molar-refractivity contribution < 1.29 is 14.7 Å². The predicted molar refractivity (Wildman–Crippen MR) is 84.7 cm³/mol. The van der Waals surface area contributed by atoms with Crippen LogP contribution in [0.2, 0.25) is 0 Å². The molecule has 2 N–H and O–H groups in total. The molecule has 21 heavy (non-hydrogen) atoms. The minimum Gasteiger partial charge on any atom is -0.476 e. The van der Waals surface area contributed by atoms with Gasteiger partial charge in [-0.3, -0.25) is 4.79 Å². The number of Topliss-reactive ketones (excluding diaryl/α,β-unsaturated/α-hetero) is 1. The van der Waals surface area contributed by atoms with E-state index in [0.29, 0.717) is 5.13 Å². The second-order valence-corrected chi connectivity index (χ2v) is 6.54. The van der Waals surface area contributed by atoms with Crippen molar-refractivity contribution in [2.45, 2.75) is 32.7 Å². The summed E-state index contributed by atoms with van der Waals surface area (Å²) in [5.74, 6) is -1.45. The normalized spacial score (nSPS) is 12.1. The summed E-state index contributed by atoms with van der Waals surface area (Å²) in [5, 5.41) is 14.9. The zero-order chi connectivity index (χ0) is 15.4. The molecule has 0 radical (unpaired) electrons. The Kier molecular flexibility index (Phi) is 5.08. The fraction of sp³-hybridized carbons (Fsp3) is 0.357. The lowest BCUT2D eigenvalue weighted by Crippen LogP contribution is -2.09. The summed E-state index contributed by atoms with van der Waals surface area (Å²) in [4.78, 5) is 28.1. The highest BCUT2D eigenvalue weighted by Crippen LogP contribution is 2.31. The van der Waals surface area contributed by atoms with Crippen LogP contribution >= 0.6 is 22.7 Å². The molecule has 0 saturated heterocycles. The van der Waals surface area contributed by atoms with E-state index < -0.39 is 5.97 Å². The van der Waals surface area contributed by atoms with Crippen molar-refractivity contribution >= 4 is 39.6 Å². The van der Waals surface area contributed by atoms with E-state index in [-0.39, 0.29) is 22.4 Å². The summed E-state index contributed by atoms with van der Waals surface area (Å²) in [6.07, 6.45) is 1.91. The van der Waals surface area contributed by atoms with Crippen molar-refractivity contribution in [3.8, 4) is 0 Å². The monoisotopic (exact) mass is 324 g/mol. The number of hydrogen-bond acceptors (Lipinski definition) is 6. The molecule has 0 saturated carbocycles. The van der Waals surface area contributed by atoms with Gasteiger partial charge < -0.3 is 10.4 Å². The fourth-order valence-electron chi connectivity index (χ4n) is 1.98. The molecule has 0 spiro atoms. The first-order valence-electron chi connectivity index (χ1n) is 6.58. The van der Waals surface area contributed by atoms with Crippen molar-refractivity contribution in [2.24, 2.45) is 0 Å². The number of hydrogen-bond donors (Lipinski definition) is 2. The van der Waals surface area contributed by atoms with Gasteiger partial charge in [-0.1, -0.05) is 30.7 Å². The first kappa shape index (κ1) is 15.7. The van der Waals surface area contributed by atoms with Gasteiger partial charge in [-0.2, -0.15) is 0 Å². The Bertz CT molecular complexity index is 603. The molecular formula is C14H16N2O3S2. The molecule has 2 heterocycles. The van der Waals surface area contributed by atoms with E-state index in [4.69, 9.17) is 5.11 Å². The van der Waals surface area contributed by atoms with Crippen LogP contribution < -0.4 is 5.32 Å². The van der Waals surface area contributed by atoms with E-state index in [1.165, 1.54) is 11.8 Å². The van der Waals surface area contributed by atoms with Gasteiger partial charge in [-0.15, -0.1) is 11.3 Å². The lowest BCUT2D eigenvalue weighted by molar-refractivity contribution is 0.0687. The molecule has 0 amide bonds. The van der Waals surface area contributed by atoms with E-state index in [9.17, 15) is 9.59 Å². The molecular weight excluding hydrogens is 308 g/mol. The van der Waals surface area contributed by atoms with Crippen LogP contribution in [0.4, 0.5) is 5.13 Å². The van der Waals surface area contributed by atoms with Gasteiger partial charge in [0.1, 0.15) is 4.88 Å². The summed E-state index contributed by atoms with van der Waals surface area (Å²) in [5.41, 5.74) is -0.170. The van der Waals surface area contributed by atoms with E-state index in [1.807, 2.05) is 17.5 Å². The van der Waals surface area contributed by atoms with Gasteiger partial charge in [-0.25, -0.2) is 9.78 Å². The van der Waals surface area contributed by atoms with Gasteiger partial charge in [-0.05, 0) is 17.9 Å². The topological polar surface area (TPSA) is 79.3 Å². The standard InChI is InChI=1S/C14H16N2O3S2/c1-3-5-9(10-6-4-7-20-10)15-14-16-11(13(18)19)12(21-14)8(2)17/h4,6-7,9H,3,5H2,1-2H3,(H,15,16)(H,18,19). The molecule has 1 unspecified atom stereocenters. The third-order valence-electron chi connectivity index (χ3n) is 2.91. The number of thiazole rings is 1. The molecule has 0 aliphatic carbocycles. The molecule has 0 fully saturated rings. The van der Waals surface area contributed by atoms with E-state index in [2.05, 4.69) is 17.2 Å². The van der Waals surface area contributed by atoms with Crippen LogP contribution in [0.3, 0.4) is 0 Å². The summed E-state index contributed by atoms with van der Waals surface area (Å²) >= 11 is 2.74. The molecule has 2 aromatic rings. The summed E-state index contributed by atoms with van der Waals surface area (Å²) in [6.45, 7) is 3.44. The maximum Gasteiger partial charge on any atom is 0.356 e. The number of rotatable bonds is 7. The lowest BCUT2D eigenvalue weighted by Gasteiger charge is -2.15. The second kappa shape index (κ2) is 6.82. The molecule has 1 atom stereocenters. The Morgan fingerprint density at radius 1 is 1.48 bits per heavy atom. The van der Waals surface area contributed by atoms with Gasteiger partial charge in [0, 0.05) is 11.8 Å². The number of aromatic carboxylic acids is 1. The number of nitrogens with one attached hydrogen (secondary N) is 1. The van der Waals surface area contributed by atoms with Gasteiger partial charge >= 0.3 is 5.97 Å². The zero-order valence-corrected chi connectivity index (χ0v) is 13.4. The SMILES string of the molecule is CCCC(Nc1nc(C(=O)O)c(C(C)=O)s1)c1cccs1. The fourth-order valence-corrected chi connectivity index (χ4v) is 3.70. The second-order valence-electron chi connectivity index (χ2n) is 4.56. The van der Waals surface area contributed by atoms with Crippen molar-refractivity contribution in [3.05, 3.63) is 33.0 Å². The number of anilines is 1. The highest BCUT2D eigenvalue weighted by atomic mass is 32.1. The lowest BCUT2D eigenvalue weighted by atomic mass is 10.1. The van der Waals surface area contributed by atoms with E-state index in [0.717, 1.165) is 24.2 Å². The molecule has 112 valence electrons. The molecule has 0 aliphatic heterocycles. The molecule has 5 nitrogen and oxygen atoms in total. The summed E-state index contributed by atoms with van der Waals surface area (Å²) in [6, 6.07) is 4.11. The van der Waals surface area contributed by atoms with Crippen molar-refractivity contribution in [1.29, 1.82) is 0 Å². The third kappa shape index (κ3) is 3.68. The predicted octanol–water partition coefficient (Wildman–Crippen LogP) is 4.06. The molecule has 0 bridgehead atoms. The van der Waals surface area contributed by atoms with E-state index in [1.54, 1.807) is 11.3 Å². The minimum absolute atomic E-state index is 0.0857. The number of carbonyl (C=O) groups is 2. The highest BCUT2D eigenvalue weighted by Gasteiger charge is 2.22. The first-order valence-corrected chi connectivity index (χ1v) is 8.27. The van der Waals surface area contributed by atoms with Crippen LogP contribution in [-0.2, 0) is 0 Å².